The number of hydrogen-bond acceptors (Lipinski definition) is 3. The molecule has 2 N–H and O–H groups in total. The lowest BCUT2D eigenvalue weighted by atomic mass is 9.90. The van der Waals surface area contributed by atoms with E-state index in [-0.39, 0.29) is 5.91 Å². The number of methoxy groups -OCH3 is 1. The van der Waals surface area contributed by atoms with Gasteiger partial charge in [0.15, 0.2) is 5.11 Å². The number of carbonyl (C=O) groups is 1. The summed E-state index contributed by atoms with van der Waals surface area (Å²) < 4.78 is 4.95. The zero-order valence-electron chi connectivity index (χ0n) is 13.0. The van der Waals surface area contributed by atoms with Crippen LogP contribution in [0.15, 0.2) is 60.7 Å². The third-order valence-corrected chi connectivity index (χ3v) is 3.60. The highest BCUT2D eigenvalue weighted by Crippen LogP contribution is 2.24. The number of hydrogen-bond donors (Lipinski definition) is 2. The van der Waals surface area contributed by atoms with Gasteiger partial charge in [-0.2, -0.15) is 0 Å². The van der Waals surface area contributed by atoms with Gasteiger partial charge in [-0.3, -0.25) is 4.79 Å². The summed E-state index contributed by atoms with van der Waals surface area (Å²) in [7, 11) is 1.62. The maximum Gasteiger partial charge on any atom is 0.238 e. The Labute approximate surface area is 141 Å². The molecule has 0 fully saturated rings. The summed E-state index contributed by atoms with van der Waals surface area (Å²) in [5.74, 6) is -0.558. The molecule has 0 aliphatic heterocycles. The second-order valence-corrected chi connectivity index (χ2v) is 5.40. The van der Waals surface area contributed by atoms with Crippen molar-refractivity contribution in [1.82, 2.24) is 10.6 Å². The highest BCUT2D eigenvalue weighted by molar-refractivity contribution is 7.80. The molecule has 0 aliphatic rings. The second-order valence-electron chi connectivity index (χ2n) is 4.99. The fraction of sp³-hybridized carbons (Fsp3) is 0.222. The van der Waals surface area contributed by atoms with Crippen molar-refractivity contribution in [2.24, 2.45) is 0 Å². The maximum atomic E-state index is 12.7. The van der Waals surface area contributed by atoms with Crippen molar-refractivity contribution in [2.45, 2.75) is 5.92 Å². The Bertz CT molecular complexity index is 592. The summed E-state index contributed by atoms with van der Waals surface area (Å²) in [5.41, 5.74) is 1.85. The maximum absolute atomic E-state index is 12.7. The molecule has 5 heteroatoms. The molecule has 120 valence electrons. The first-order valence-electron chi connectivity index (χ1n) is 7.40. The molecule has 0 spiro atoms. The molecule has 0 aliphatic carbocycles. The Morgan fingerprint density at radius 3 is 2.04 bits per heavy atom. The van der Waals surface area contributed by atoms with Crippen molar-refractivity contribution in [3.63, 3.8) is 0 Å². The van der Waals surface area contributed by atoms with Crippen molar-refractivity contribution in [1.29, 1.82) is 0 Å². The van der Waals surface area contributed by atoms with Crippen LogP contribution in [0.5, 0.6) is 0 Å². The van der Waals surface area contributed by atoms with E-state index >= 15 is 0 Å². The molecular formula is C18H20N2O2S. The van der Waals surface area contributed by atoms with Crippen molar-refractivity contribution >= 4 is 23.2 Å². The summed E-state index contributed by atoms with van der Waals surface area (Å²) in [6, 6.07) is 19.3. The number of thiocarbonyl (C=S) groups is 1. The molecule has 2 rings (SSSR count). The number of benzene rings is 2. The molecular weight excluding hydrogens is 308 g/mol. The number of carbonyl (C=O) groups excluding carboxylic acids is 1. The lowest BCUT2D eigenvalue weighted by molar-refractivity contribution is -0.120. The van der Waals surface area contributed by atoms with Crippen molar-refractivity contribution in [2.75, 3.05) is 20.3 Å². The van der Waals surface area contributed by atoms with Gasteiger partial charge < -0.3 is 15.4 Å². The summed E-state index contributed by atoms with van der Waals surface area (Å²) in [6.07, 6.45) is 0. The number of amides is 1. The molecule has 0 aromatic heterocycles. The van der Waals surface area contributed by atoms with E-state index in [2.05, 4.69) is 10.6 Å². The van der Waals surface area contributed by atoms with E-state index in [0.29, 0.717) is 18.3 Å². The molecule has 0 saturated carbocycles. The van der Waals surface area contributed by atoms with Gasteiger partial charge in [0.1, 0.15) is 0 Å². The lowest BCUT2D eigenvalue weighted by Crippen LogP contribution is -2.42. The highest BCUT2D eigenvalue weighted by Gasteiger charge is 2.23. The first kappa shape index (κ1) is 17.1. The molecule has 0 radical (unpaired) electrons. The van der Waals surface area contributed by atoms with Crippen LogP contribution in [-0.2, 0) is 9.53 Å². The molecule has 2 aromatic rings. The minimum atomic E-state index is -0.403. The van der Waals surface area contributed by atoms with Crippen LogP contribution in [0.3, 0.4) is 0 Å². The van der Waals surface area contributed by atoms with Gasteiger partial charge in [0.2, 0.25) is 5.91 Å². The van der Waals surface area contributed by atoms with Crippen molar-refractivity contribution < 1.29 is 9.53 Å². The average Bonchev–Trinajstić information content (AvgIpc) is 2.57. The predicted molar refractivity (Wildman–Crippen MR) is 95.3 cm³/mol. The molecule has 0 heterocycles. The van der Waals surface area contributed by atoms with E-state index in [0.717, 1.165) is 11.1 Å². The van der Waals surface area contributed by atoms with Gasteiger partial charge in [0.05, 0.1) is 12.5 Å². The van der Waals surface area contributed by atoms with E-state index in [1.165, 1.54) is 0 Å². The third kappa shape index (κ3) is 5.16. The minimum Gasteiger partial charge on any atom is -0.383 e. The molecule has 23 heavy (non-hydrogen) atoms. The zero-order chi connectivity index (χ0) is 16.5. The molecule has 0 saturated heterocycles. The third-order valence-electron chi connectivity index (χ3n) is 3.36. The van der Waals surface area contributed by atoms with Crippen LogP contribution in [0, 0.1) is 0 Å². The summed E-state index contributed by atoms with van der Waals surface area (Å²) in [6.45, 7) is 1.08. The van der Waals surface area contributed by atoms with Gasteiger partial charge in [0, 0.05) is 13.7 Å². The SMILES string of the molecule is COCCNC(=S)NC(=O)C(c1ccccc1)c1ccccc1. The van der Waals surface area contributed by atoms with Crippen LogP contribution >= 0.6 is 12.2 Å². The van der Waals surface area contributed by atoms with Gasteiger partial charge in [-0.25, -0.2) is 0 Å². The lowest BCUT2D eigenvalue weighted by Gasteiger charge is -2.18. The Kier molecular flexibility index (Phi) is 6.72. The fourth-order valence-electron chi connectivity index (χ4n) is 2.28. The molecule has 4 nitrogen and oxygen atoms in total. The normalized spacial score (nSPS) is 10.3. The fourth-order valence-corrected chi connectivity index (χ4v) is 2.48. The number of ether oxygens (including phenoxy) is 1. The predicted octanol–water partition coefficient (Wildman–Crippen LogP) is 2.46. The minimum absolute atomic E-state index is 0.155. The second kappa shape index (κ2) is 9.02. The van der Waals surface area contributed by atoms with E-state index in [4.69, 9.17) is 17.0 Å². The topological polar surface area (TPSA) is 50.4 Å². The highest BCUT2D eigenvalue weighted by atomic mass is 32.1. The Balaban J connectivity index is 2.15. The number of nitrogens with one attached hydrogen (secondary N) is 2. The van der Waals surface area contributed by atoms with E-state index in [9.17, 15) is 4.79 Å². The largest absolute Gasteiger partial charge is 0.383 e. The molecule has 0 atom stereocenters. The van der Waals surface area contributed by atoms with Crippen LogP contribution in [-0.4, -0.2) is 31.3 Å². The average molecular weight is 328 g/mol. The van der Waals surface area contributed by atoms with Gasteiger partial charge in [-0.15, -0.1) is 0 Å². The quantitative estimate of drug-likeness (QED) is 0.632. The van der Waals surface area contributed by atoms with Crippen molar-refractivity contribution in [3.8, 4) is 0 Å². The molecule has 1 amide bonds. The monoisotopic (exact) mass is 328 g/mol. The van der Waals surface area contributed by atoms with Gasteiger partial charge >= 0.3 is 0 Å². The van der Waals surface area contributed by atoms with Crippen molar-refractivity contribution in [3.05, 3.63) is 71.8 Å². The summed E-state index contributed by atoms with van der Waals surface area (Å²) in [4.78, 5) is 12.7. The zero-order valence-corrected chi connectivity index (χ0v) is 13.8. The molecule has 0 unspecified atom stereocenters. The van der Waals surface area contributed by atoms with Crippen LogP contribution in [0.4, 0.5) is 0 Å². The van der Waals surface area contributed by atoms with Gasteiger partial charge in [0.25, 0.3) is 0 Å². The smallest absolute Gasteiger partial charge is 0.238 e. The summed E-state index contributed by atoms with van der Waals surface area (Å²) >= 11 is 5.16. The van der Waals surface area contributed by atoms with Gasteiger partial charge in [-0.1, -0.05) is 60.7 Å². The first-order chi connectivity index (χ1) is 11.2. The Morgan fingerprint density at radius 2 is 1.57 bits per heavy atom. The summed E-state index contributed by atoms with van der Waals surface area (Å²) in [5, 5.41) is 6.02. The Hall–Kier alpha value is -2.24. The van der Waals surface area contributed by atoms with E-state index in [1.807, 2.05) is 60.7 Å². The van der Waals surface area contributed by atoms with Crippen LogP contribution < -0.4 is 10.6 Å². The van der Waals surface area contributed by atoms with Crippen LogP contribution in [0.2, 0.25) is 0 Å². The first-order valence-corrected chi connectivity index (χ1v) is 7.80. The van der Waals surface area contributed by atoms with E-state index in [1.54, 1.807) is 7.11 Å². The van der Waals surface area contributed by atoms with Gasteiger partial charge in [-0.05, 0) is 23.3 Å². The molecule has 2 aromatic carbocycles. The van der Waals surface area contributed by atoms with E-state index < -0.39 is 5.92 Å². The molecule has 0 bridgehead atoms. The standard InChI is InChI=1S/C18H20N2O2S/c1-22-13-12-19-18(23)20-17(21)16(14-8-4-2-5-9-14)15-10-6-3-7-11-15/h2-11,16H,12-13H2,1H3,(H2,19,20,21,23). The van der Waals surface area contributed by atoms with Crippen LogP contribution in [0.1, 0.15) is 17.0 Å². The number of rotatable bonds is 6. The Morgan fingerprint density at radius 1 is 1.04 bits per heavy atom. The van der Waals surface area contributed by atoms with Crippen LogP contribution in [0.25, 0.3) is 0 Å².